The molecule has 1 atom stereocenters. The molecule has 0 aliphatic heterocycles. The summed E-state index contributed by atoms with van der Waals surface area (Å²) in [5.41, 5.74) is 1.66. The summed E-state index contributed by atoms with van der Waals surface area (Å²) in [5.74, 6) is 1.43. The molecular weight excluding hydrogens is 262 g/mol. The van der Waals surface area contributed by atoms with Gasteiger partial charge in [-0.2, -0.15) is 0 Å². The highest BCUT2D eigenvalue weighted by Crippen LogP contribution is 2.16. The predicted octanol–water partition coefficient (Wildman–Crippen LogP) is 3.58. The Morgan fingerprint density at radius 2 is 1.95 bits per heavy atom. The summed E-state index contributed by atoms with van der Waals surface area (Å²) in [5, 5.41) is 3.20. The standard InChI is InChI=1S/C17H29N3O/c1-7-15-10-14(11-16(19-15)18-8-2)17(21)20(6)13(5)9-12(3)4/h10-13H,7-9H2,1-6H3,(H,18,19). The number of nitrogens with one attached hydrogen (secondary N) is 1. The van der Waals surface area contributed by atoms with Crippen LogP contribution in [-0.4, -0.2) is 35.4 Å². The molecule has 0 aliphatic rings. The van der Waals surface area contributed by atoms with Crippen molar-refractivity contribution in [2.24, 2.45) is 5.92 Å². The van der Waals surface area contributed by atoms with E-state index in [0.29, 0.717) is 5.92 Å². The van der Waals surface area contributed by atoms with E-state index in [0.717, 1.165) is 36.5 Å². The first-order chi connectivity index (χ1) is 9.88. The number of hydrogen-bond acceptors (Lipinski definition) is 3. The van der Waals surface area contributed by atoms with Gasteiger partial charge in [0.25, 0.3) is 5.91 Å². The molecule has 1 aromatic heterocycles. The number of carbonyl (C=O) groups is 1. The molecule has 0 spiro atoms. The Balaban J connectivity index is 2.97. The van der Waals surface area contributed by atoms with E-state index >= 15 is 0 Å². The highest BCUT2D eigenvalue weighted by molar-refractivity contribution is 5.95. The number of aromatic nitrogens is 1. The third kappa shape index (κ3) is 5.03. The van der Waals surface area contributed by atoms with Crippen LogP contribution in [0.3, 0.4) is 0 Å². The lowest BCUT2D eigenvalue weighted by Gasteiger charge is -2.26. The van der Waals surface area contributed by atoms with Crippen molar-refractivity contribution in [2.75, 3.05) is 18.9 Å². The van der Waals surface area contributed by atoms with Crippen molar-refractivity contribution in [1.82, 2.24) is 9.88 Å². The van der Waals surface area contributed by atoms with Gasteiger partial charge >= 0.3 is 0 Å². The van der Waals surface area contributed by atoms with E-state index in [1.807, 2.05) is 31.0 Å². The number of nitrogens with zero attached hydrogens (tertiary/aromatic N) is 2. The molecule has 0 radical (unpaired) electrons. The topological polar surface area (TPSA) is 45.2 Å². The van der Waals surface area contributed by atoms with E-state index in [-0.39, 0.29) is 11.9 Å². The average Bonchev–Trinajstić information content (AvgIpc) is 2.44. The van der Waals surface area contributed by atoms with Crippen LogP contribution in [0.4, 0.5) is 5.82 Å². The molecule has 0 aromatic carbocycles. The normalized spacial score (nSPS) is 12.3. The Labute approximate surface area is 129 Å². The molecule has 21 heavy (non-hydrogen) atoms. The number of carbonyl (C=O) groups excluding carboxylic acids is 1. The van der Waals surface area contributed by atoms with Crippen molar-refractivity contribution in [1.29, 1.82) is 0 Å². The van der Waals surface area contributed by atoms with Crippen molar-refractivity contribution in [3.05, 3.63) is 23.4 Å². The zero-order valence-electron chi connectivity index (χ0n) is 14.2. The van der Waals surface area contributed by atoms with Crippen LogP contribution in [0.1, 0.15) is 57.1 Å². The van der Waals surface area contributed by atoms with Gasteiger partial charge in [0.2, 0.25) is 0 Å². The predicted molar refractivity (Wildman–Crippen MR) is 88.8 cm³/mol. The fraction of sp³-hybridized carbons (Fsp3) is 0.647. The second-order valence-corrected chi connectivity index (χ2v) is 6.01. The van der Waals surface area contributed by atoms with Crippen molar-refractivity contribution < 1.29 is 4.79 Å². The first kappa shape index (κ1) is 17.5. The van der Waals surface area contributed by atoms with Crippen molar-refractivity contribution >= 4 is 11.7 Å². The van der Waals surface area contributed by atoms with E-state index in [9.17, 15) is 4.79 Å². The van der Waals surface area contributed by atoms with Gasteiger partial charge in [0, 0.05) is 30.9 Å². The maximum absolute atomic E-state index is 12.7. The van der Waals surface area contributed by atoms with Crippen LogP contribution in [0, 0.1) is 5.92 Å². The highest BCUT2D eigenvalue weighted by Gasteiger charge is 2.19. The third-order valence-electron chi connectivity index (χ3n) is 3.64. The smallest absolute Gasteiger partial charge is 0.254 e. The lowest BCUT2D eigenvalue weighted by molar-refractivity contribution is 0.0728. The molecule has 0 saturated heterocycles. The van der Waals surface area contributed by atoms with E-state index in [4.69, 9.17) is 0 Å². The second kappa shape index (κ2) is 8.01. The average molecular weight is 291 g/mol. The number of rotatable bonds is 7. The molecule has 1 heterocycles. The molecule has 1 rings (SSSR count). The van der Waals surface area contributed by atoms with Gasteiger partial charge in [-0.05, 0) is 44.7 Å². The van der Waals surface area contributed by atoms with Gasteiger partial charge in [-0.1, -0.05) is 20.8 Å². The molecule has 1 amide bonds. The van der Waals surface area contributed by atoms with Gasteiger partial charge < -0.3 is 10.2 Å². The van der Waals surface area contributed by atoms with Crippen LogP contribution in [0.15, 0.2) is 12.1 Å². The number of hydrogen-bond donors (Lipinski definition) is 1. The van der Waals surface area contributed by atoms with E-state index in [2.05, 4.69) is 38.0 Å². The summed E-state index contributed by atoms with van der Waals surface area (Å²) >= 11 is 0. The molecule has 0 aliphatic carbocycles. The van der Waals surface area contributed by atoms with Gasteiger partial charge in [0.1, 0.15) is 5.82 Å². The van der Waals surface area contributed by atoms with Crippen molar-refractivity contribution in [3.63, 3.8) is 0 Å². The number of anilines is 1. The summed E-state index contributed by atoms with van der Waals surface area (Å²) in [6.45, 7) is 11.3. The van der Waals surface area contributed by atoms with Crippen LogP contribution in [-0.2, 0) is 6.42 Å². The lowest BCUT2D eigenvalue weighted by Crippen LogP contribution is -2.36. The number of aryl methyl sites for hydroxylation is 1. The molecular formula is C17H29N3O. The maximum atomic E-state index is 12.7. The molecule has 118 valence electrons. The monoisotopic (exact) mass is 291 g/mol. The number of amides is 1. The van der Waals surface area contributed by atoms with Gasteiger partial charge in [0.15, 0.2) is 0 Å². The quantitative estimate of drug-likeness (QED) is 0.835. The Morgan fingerprint density at radius 3 is 2.48 bits per heavy atom. The molecule has 4 nitrogen and oxygen atoms in total. The summed E-state index contributed by atoms with van der Waals surface area (Å²) in [6, 6.07) is 3.99. The SMILES string of the molecule is CCNc1cc(C(=O)N(C)C(C)CC(C)C)cc(CC)n1. The third-order valence-corrected chi connectivity index (χ3v) is 3.64. The molecule has 1 aromatic rings. The minimum absolute atomic E-state index is 0.0689. The van der Waals surface area contributed by atoms with Crippen molar-refractivity contribution in [2.45, 2.75) is 53.5 Å². The fourth-order valence-electron chi connectivity index (χ4n) is 2.41. The maximum Gasteiger partial charge on any atom is 0.254 e. The lowest BCUT2D eigenvalue weighted by atomic mass is 10.0. The summed E-state index contributed by atoms with van der Waals surface area (Å²) < 4.78 is 0. The first-order valence-electron chi connectivity index (χ1n) is 7.90. The van der Waals surface area contributed by atoms with E-state index in [1.165, 1.54) is 0 Å². The van der Waals surface area contributed by atoms with Gasteiger partial charge in [-0.3, -0.25) is 4.79 Å². The Hall–Kier alpha value is -1.58. The zero-order valence-corrected chi connectivity index (χ0v) is 14.2. The Morgan fingerprint density at radius 1 is 1.29 bits per heavy atom. The molecule has 0 fully saturated rings. The molecule has 1 N–H and O–H groups in total. The Kier molecular flexibility index (Phi) is 6.66. The van der Waals surface area contributed by atoms with E-state index < -0.39 is 0 Å². The first-order valence-corrected chi connectivity index (χ1v) is 7.90. The Bertz CT molecular complexity index is 471. The minimum atomic E-state index is 0.0689. The molecule has 4 heteroatoms. The molecule has 0 bridgehead atoms. The molecule has 0 saturated carbocycles. The summed E-state index contributed by atoms with van der Waals surface area (Å²) in [4.78, 5) is 19.0. The zero-order chi connectivity index (χ0) is 16.0. The van der Waals surface area contributed by atoms with Gasteiger partial charge in [0.05, 0.1) is 0 Å². The van der Waals surface area contributed by atoms with Crippen LogP contribution < -0.4 is 5.32 Å². The second-order valence-electron chi connectivity index (χ2n) is 6.01. The van der Waals surface area contributed by atoms with Gasteiger partial charge in [-0.15, -0.1) is 0 Å². The van der Waals surface area contributed by atoms with E-state index in [1.54, 1.807) is 0 Å². The summed E-state index contributed by atoms with van der Waals surface area (Å²) in [7, 11) is 1.88. The van der Waals surface area contributed by atoms with Crippen LogP contribution in [0.25, 0.3) is 0 Å². The minimum Gasteiger partial charge on any atom is -0.370 e. The largest absolute Gasteiger partial charge is 0.370 e. The van der Waals surface area contributed by atoms with Crippen LogP contribution >= 0.6 is 0 Å². The van der Waals surface area contributed by atoms with Gasteiger partial charge in [-0.25, -0.2) is 4.98 Å². The van der Waals surface area contributed by atoms with Crippen LogP contribution in [0.5, 0.6) is 0 Å². The highest BCUT2D eigenvalue weighted by atomic mass is 16.2. The number of pyridine rings is 1. The van der Waals surface area contributed by atoms with Crippen molar-refractivity contribution in [3.8, 4) is 0 Å². The fourth-order valence-corrected chi connectivity index (χ4v) is 2.41. The summed E-state index contributed by atoms with van der Waals surface area (Å²) in [6.07, 6.45) is 1.83. The van der Waals surface area contributed by atoms with Crippen LogP contribution in [0.2, 0.25) is 0 Å². The molecule has 1 unspecified atom stereocenters.